The molecule has 1 heterocycles. The van der Waals surface area contributed by atoms with Gasteiger partial charge in [0.25, 0.3) is 5.56 Å². The maximum Gasteiger partial charge on any atom is 0.276 e. The van der Waals surface area contributed by atoms with Crippen LogP contribution in [0, 0.1) is 0 Å². The Morgan fingerprint density at radius 3 is 2.93 bits per heavy atom. The van der Waals surface area contributed by atoms with Crippen LogP contribution in [0.25, 0.3) is 0 Å². The molecule has 1 aromatic heterocycles. The molecule has 0 aliphatic heterocycles. The molecule has 14 heavy (non-hydrogen) atoms. The molecule has 1 atom stereocenters. The van der Waals surface area contributed by atoms with Gasteiger partial charge in [-0.1, -0.05) is 0 Å². The Balaban J connectivity index is 3.07. The van der Waals surface area contributed by atoms with Crippen molar-refractivity contribution in [1.82, 2.24) is 9.97 Å². The molecule has 0 bridgehead atoms. The van der Waals surface area contributed by atoms with Gasteiger partial charge in [-0.05, 0) is 6.92 Å². The first-order valence-electron chi connectivity index (χ1n) is 4.34. The van der Waals surface area contributed by atoms with E-state index in [1.165, 1.54) is 6.33 Å². The highest BCUT2D eigenvalue weighted by Crippen LogP contribution is 2.14. The molecule has 0 saturated heterocycles. The molecule has 1 aromatic rings. The van der Waals surface area contributed by atoms with E-state index in [-0.39, 0.29) is 17.3 Å². The van der Waals surface area contributed by atoms with Crippen LogP contribution in [0.1, 0.15) is 6.92 Å². The molecule has 0 spiro atoms. The van der Waals surface area contributed by atoms with Crippen molar-refractivity contribution in [1.29, 1.82) is 0 Å². The van der Waals surface area contributed by atoms with Crippen LogP contribution >= 0.6 is 0 Å². The number of aromatic amines is 1. The first kappa shape index (κ1) is 10.5. The molecular formula is C8H15N5O. The van der Waals surface area contributed by atoms with Gasteiger partial charge in [-0.25, -0.2) is 4.98 Å². The van der Waals surface area contributed by atoms with E-state index < -0.39 is 0 Å². The number of hydrogen-bond acceptors (Lipinski definition) is 5. The van der Waals surface area contributed by atoms with Crippen molar-refractivity contribution in [2.24, 2.45) is 5.73 Å². The lowest BCUT2D eigenvalue weighted by molar-refractivity contribution is 0.687. The van der Waals surface area contributed by atoms with Gasteiger partial charge in [0.1, 0.15) is 5.69 Å². The van der Waals surface area contributed by atoms with E-state index in [0.29, 0.717) is 12.4 Å². The van der Waals surface area contributed by atoms with E-state index in [9.17, 15) is 4.79 Å². The van der Waals surface area contributed by atoms with Crippen molar-refractivity contribution < 1.29 is 0 Å². The molecule has 78 valence electrons. The summed E-state index contributed by atoms with van der Waals surface area (Å²) in [7, 11) is 1.80. The van der Waals surface area contributed by atoms with Crippen LogP contribution in [0.3, 0.4) is 0 Å². The van der Waals surface area contributed by atoms with Crippen LogP contribution in [0.2, 0.25) is 0 Å². The molecule has 6 nitrogen and oxygen atoms in total. The predicted octanol–water partition coefficient (Wildman–Crippen LogP) is -0.864. The van der Waals surface area contributed by atoms with Gasteiger partial charge in [0.2, 0.25) is 0 Å². The molecule has 0 aliphatic carbocycles. The second-order valence-electron chi connectivity index (χ2n) is 3.16. The number of nitrogens with one attached hydrogen (secondary N) is 1. The minimum atomic E-state index is -0.328. The summed E-state index contributed by atoms with van der Waals surface area (Å²) in [6.07, 6.45) is 1.33. The van der Waals surface area contributed by atoms with Crippen molar-refractivity contribution in [3.05, 3.63) is 16.7 Å². The first-order valence-corrected chi connectivity index (χ1v) is 4.34. The second-order valence-corrected chi connectivity index (χ2v) is 3.16. The maximum absolute atomic E-state index is 11.2. The number of nitrogen functional groups attached to an aromatic ring is 1. The standard InChI is InChI=1S/C8H15N5O/c1-5(3-9)13(2)7-6(10)8(14)12-4-11-7/h4-5H,3,9-10H2,1-2H3,(H,11,12,14). The van der Waals surface area contributed by atoms with Crippen LogP contribution in [0.15, 0.2) is 11.1 Å². The minimum absolute atomic E-state index is 0.0894. The van der Waals surface area contributed by atoms with Crippen molar-refractivity contribution in [3.8, 4) is 0 Å². The Hall–Kier alpha value is -1.56. The number of aromatic nitrogens is 2. The van der Waals surface area contributed by atoms with Crippen LogP contribution in [-0.2, 0) is 0 Å². The third-order valence-electron chi connectivity index (χ3n) is 2.20. The number of nitrogens with two attached hydrogens (primary N) is 2. The van der Waals surface area contributed by atoms with Crippen molar-refractivity contribution in [3.63, 3.8) is 0 Å². The number of nitrogens with zero attached hydrogens (tertiary/aromatic N) is 2. The summed E-state index contributed by atoms with van der Waals surface area (Å²) in [6.45, 7) is 2.41. The topological polar surface area (TPSA) is 101 Å². The van der Waals surface area contributed by atoms with Gasteiger partial charge < -0.3 is 21.4 Å². The number of rotatable bonds is 3. The van der Waals surface area contributed by atoms with Gasteiger partial charge >= 0.3 is 0 Å². The fourth-order valence-corrected chi connectivity index (χ4v) is 1.05. The lowest BCUT2D eigenvalue weighted by Crippen LogP contribution is -2.37. The summed E-state index contributed by atoms with van der Waals surface area (Å²) in [5.41, 5.74) is 10.9. The van der Waals surface area contributed by atoms with Crippen LogP contribution in [-0.4, -0.2) is 29.6 Å². The van der Waals surface area contributed by atoms with Crippen molar-refractivity contribution in [2.75, 3.05) is 24.2 Å². The number of anilines is 2. The molecule has 5 N–H and O–H groups in total. The highest BCUT2D eigenvalue weighted by atomic mass is 16.1. The number of likely N-dealkylation sites (N-methyl/N-ethyl adjacent to an activating group) is 1. The Bertz CT molecular complexity index is 361. The monoisotopic (exact) mass is 197 g/mol. The van der Waals surface area contributed by atoms with E-state index in [1.807, 2.05) is 6.92 Å². The van der Waals surface area contributed by atoms with Gasteiger partial charge in [-0.3, -0.25) is 4.79 Å². The lowest BCUT2D eigenvalue weighted by Gasteiger charge is -2.25. The van der Waals surface area contributed by atoms with E-state index in [4.69, 9.17) is 11.5 Å². The lowest BCUT2D eigenvalue weighted by atomic mass is 10.3. The SMILES string of the molecule is CC(CN)N(C)c1nc[nH]c(=O)c1N. The Morgan fingerprint density at radius 1 is 1.71 bits per heavy atom. The summed E-state index contributed by atoms with van der Waals surface area (Å²) in [5.74, 6) is 0.465. The average Bonchev–Trinajstić information content (AvgIpc) is 2.20. The molecule has 0 saturated carbocycles. The highest BCUT2D eigenvalue weighted by Gasteiger charge is 2.13. The molecule has 0 radical (unpaired) electrons. The summed E-state index contributed by atoms with van der Waals surface area (Å²) in [6, 6.07) is 0.0894. The van der Waals surface area contributed by atoms with Gasteiger partial charge in [0.15, 0.2) is 5.82 Å². The van der Waals surface area contributed by atoms with Gasteiger partial charge in [-0.15, -0.1) is 0 Å². The van der Waals surface area contributed by atoms with Crippen molar-refractivity contribution >= 4 is 11.5 Å². The minimum Gasteiger partial charge on any atom is -0.391 e. The summed E-state index contributed by atoms with van der Waals surface area (Å²) < 4.78 is 0. The molecule has 0 fully saturated rings. The number of hydrogen-bond donors (Lipinski definition) is 3. The number of H-pyrrole nitrogens is 1. The summed E-state index contributed by atoms with van der Waals surface area (Å²) in [4.78, 5) is 19.4. The van der Waals surface area contributed by atoms with Gasteiger partial charge in [0.05, 0.1) is 6.33 Å². The average molecular weight is 197 g/mol. The summed E-state index contributed by atoms with van der Waals surface area (Å²) in [5, 5.41) is 0. The van der Waals surface area contributed by atoms with Gasteiger partial charge in [0, 0.05) is 19.6 Å². The molecule has 6 heteroatoms. The molecule has 0 amide bonds. The fraction of sp³-hybridized carbons (Fsp3) is 0.500. The van der Waals surface area contributed by atoms with E-state index in [0.717, 1.165) is 0 Å². The Morgan fingerprint density at radius 2 is 2.36 bits per heavy atom. The third kappa shape index (κ3) is 1.85. The normalized spacial score (nSPS) is 12.5. The second kappa shape index (κ2) is 4.10. The van der Waals surface area contributed by atoms with E-state index >= 15 is 0 Å². The Labute approximate surface area is 81.9 Å². The molecule has 0 aromatic carbocycles. The first-order chi connectivity index (χ1) is 6.57. The smallest absolute Gasteiger partial charge is 0.276 e. The summed E-state index contributed by atoms with van der Waals surface area (Å²) >= 11 is 0. The zero-order chi connectivity index (χ0) is 10.7. The van der Waals surface area contributed by atoms with E-state index in [2.05, 4.69) is 9.97 Å². The zero-order valence-electron chi connectivity index (χ0n) is 8.32. The van der Waals surface area contributed by atoms with Crippen molar-refractivity contribution in [2.45, 2.75) is 13.0 Å². The largest absolute Gasteiger partial charge is 0.391 e. The molecule has 1 rings (SSSR count). The molecular weight excluding hydrogens is 182 g/mol. The van der Waals surface area contributed by atoms with Gasteiger partial charge in [-0.2, -0.15) is 0 Å². The van der Waals surface area contributed by atoms with Crippen LogP contribution in [0.5, 0.6) is 0 Å². The highest BCUT2D eigenvalue weighted by molar-refractivity contribution is 5.60. The van der Waals surface area contributed by atoms with E-state index in [1.54, 1.807) is 11.9 Å². The third-order valence-corrected chi connectivity index (χ3v) is 2.20. The van der Waals surface area contributed by atoms with Crippen LogP contribution < -0.4 is 21.9 Å². The Kier molecular flexibility index (Phi) is 3.08. The quantitative estimate of drug-likeness (QED) is 0.585. The van der Waals surface area contributed by atoms with Crippen LogP contribution in [0.4, 0.5) is 11.5 Å². The molecule has 0 aliphatic rings. The fourth-order valence-electron chi connectivity index (χ4n) is 1.05. The maximum atomic E-state index is 11.2. The zero-order valence-corrected chi connectivity index (χ0v) is 8.32. The molecule has 1 unspecified atom stereocenters. The predicted molar refractivity (Wildman–Crippen MR) is 56.2 cm³/mol.